The van der Waals surface area contributed by atoms with Gasteiger partial charge in [-0.25, -0.2) is 9.78 Å². The molecule has 4 aromatic rings. The molecule has 1 fully saturated rings. The lowest BCUT2D eigenvalue weighted by Gasteiger charge is -2.22. The number of carboxylic acids is 1. The predicted molar refractivity (Wildman–Crippen MR) is 152 cm³/mol. The molecule has 0 bridgehead atoms. The summed E-state index contributed by atoms with van der Waals surface area (Å²) in [6.07, 6.45) is 7.01. The summed E-state index contributed by atoms with van der Waals surface area (Å²) in [7, 11) is 0. The Kier molecular flexibility index (Phi) is 7.90. The maximum atomic E-state index is 13.5. The van der Waals surface area contributed by atoms with E-state index in [-0.39, 0.29) is 23.6 Å². The standard InChI is InChI=1S/C29H25BrClN3O4/c30-22-11-12-25-23(15-22)28(35)34(27(33-25)20-4-2-1-3-5-20)32-16-19-8-13-26(24(31)14-19)38-17-18-6-9-21(10-7-18)29(36)37/h6-16,20H,1-5,17H2,(H,36,37). The van der Waals surface area contributed by atoms with Gasteiger partial charge in [0, 0.05) is 10.4 Å². The molecule has 5 rings (SSSR count). The van der Waals surface area contributed by atoms with Crippen molar-refractivity contribution in [2.75, 3.05) is 0 Å². The maximum absolute atomic E-state index is 13.5. The van der Waals surface area contributed by atoms with Gasteiger partial charge in [-0.1, -0.05) is 58.9 Å². The first-order chi connectivity index (χ1) is 18.4. The Hall–Kier alpha value is -3.49. The number of ether oxygens (including phenoxy) is 1. The zero-order valence-electron chi connectivity index (χ0n) is 20.4. The molecule has 1 aliphatic carbocycles. The second-order valence-corrected chi connectivity index (χ2v) is 10.6. The van der Waals surface area contributed by atoms with Crippen LogP contribution in [0.3, 0.4) is 0 Å². The third-order valence-corrected chi connectivity index (χ3v) is 7.47. The van der Waals surface area contributed by atoms with Crippen molar-refractivity contribution in [3.8, 4) is 5.75 Å². The van der Waals surface area contributed by atoms with Crippen LogP contribution in [0, 0.1) is 0 Å². The molecule has 194 valence electrons. The number of rotatable bonds is 7. The van der Waals surface area contributed by atoms with Gasteiger partial charge in [-0.15, -0.1) is 0 Å². The first-order valence-corrected chi connectivity index (χ1v) is 13.6. The van der Waals surface area contributed by atoms with E-state index in [0.29, 0.717) is 33.1 Å². The van der Waals surface area contributed by atoms with E-state index in [1.54, 1.807) is 36.5 Å². The highest BCUT2D eigenvalue weighted by Crippen LogP contribution is 2.32. The van der Waals surface area contributed by atoms with E-state index in [4.69, 9.17) is 26.4 Å². The van der Waals surface area contributed by atoms with Gasteiger partial charge in [0.2, 0.25) is 0 Å². The fourth-order valence-corrected chi connectivity index (χ4v) is 5.25. The van der Waals surface area contributed by atoms with Gasteiger partial charge < -0.3 is 9.84 Å². The Morgan fingerprint density at radius 3 is 2.58 bits per heavy atom. The van der Waals surface area contributed by atoms with Crippen molar-refractivity contribution in [1.29, 1.82) is 0 Å². The number of carbonyl (C=O) groups is 1. The van der Waals surface area contributed by atoms with Crippen molar-refractivity contribution in [2.45, 2.75) is 44.6 Å². The number of carboxylic acid groups (broad SMARTS) is 1. The number of aromatic carboxylic acids is 1. The van der Waals surface area contributed by atoms with Gasteiger partial charge in [0.05, 0.1) is 27.7 Å². The molecule has 0 aliphatic heterocycles. The summed E-state index contributed by atoms with van der Waals surface area (Å²) >= 11 is 9.92. The van der Waals surface area contributed by atoms with Gasteiger partial charge in [0.15, 0.2) is 0 Å². The van der Waals surface area contributed by atoms with Crippen LogP contribution in [0.15, 0.2) is 75.0 Å². The van der Waals surface area contributed by atoms with Crippen LogP contribution >= 0.6 is 27.5 Å². The van der Waals surface area contributed by atoms with Crippen LogP contribution in [-0.4, -0.2) is 27.0 Å². The van der Waals surface area contributed by atoms with E-state index in [9.17, 15) is 9.59 Å². The van der Waals surface area contributed by atoms with E-state index in [1.807, 2.05) is 18.2 Å². The topological polar surface area (TPSA) is 93.8 Å². The van der Waals surface area contributed by atoms with Crippen LogP contribution in [0.5, 0.6) is 5.75 Å². The molecule has 0 spiro atoms. The summed E-state index contributed by atoms with van der Waals surface area (Å²) < 4.78 is 8.07. The van der Waals surface area contributed by atoms with Crippen molar-refractivity contribution in [2.24, 2.45) is 5.10 Å². The summed E-state index contributed by atoms with van der Waals surface area (Å²) in [5, 5.41) is 14.5. The van der Waals surface area contributed by atoms with E-state index in [2.05, 4.69) is 21.0 Å². The van der Waals surface area contributed by atoms with Crippen LogP contribution in [0.2, 0.25) is 5.02 Å². The van der Waals surface area contributed by atoms with Crippen LogP contribution in [0.4, 0.5) is 0 Å². The predicted octanol–water partition coefficient (Wildman–Crippen LogP) is 7.02. The highest BCUT2D eigenvalue weighted by Gasteiger charge is 2.22. The molecular formula is C29H25BrClN3O4. The van der Waals surface area contributed by atoms with E-state index >= 15 is 0 Å². The molecule has 3 aromatic carbocycles. The minimum absolute atomic E-state index is 0.186. The lowest BCUT2D eigenvalue weighted by molar-refractivity contribution is 0.0697. The van der Waals surface area contributed by atoms with Gasteiger partial charge in [-0.3, -0.25) is 4.79 Å². The molecule has 38 heavy (non-hydrogen) atoms. The molecule has 1 aliphatic rings. The number of aromatic nitrogens is 2. The van der Waals surface area contributed by atoms with Crippen LogP contribution in [0.25, 0.3) is 10.9 Å². The molecule has 1 saturated carbocycles. The van der Waals surface area contributed by atoms with E-state index in [1.165, 1.54) is 23.2 Å². The van der Waals surface area contributed by atoms with Crippen LogP contribution in [-0.2, 0) is 6.61 Å². The van der Waals surface area contributed by atoms with Gasteiger partial charge in [-0.05, 0) is 72.5 Å². The van der Waals surface area contributed by atoms with Gasteiger partial charge >= 0.3 is 5.97 Å². The first kappa shape index (κ1) is 26.1. The Morgan fingerprint density at radius 1 is 1.11 bits per heavy atom. The molecule has 0 amide bonds. The Bertz CT molecular complexity index is 1580. The number of fused-ring (bicyclic) bond motifs is 1. The monoisotopic (exact) mass is 593 g/mol. The minimum atomic E-state index is -0.974. The Labute approximate surface area is 232 Å². The molecule has 9 heteroatoms. The van der Waals surface area contributed by atoms with Crippen LogP contribution < -0.4 is 10.3 Å². The SMILES string of the molecule is O=C(O)c1ccc(COc2ccc(C=Nn3c(C4CCCCC4)nc4ccc(Br)cc4c3=O)cc2Cl)cc1. The van der Waals surface area contributed by atoms with Crippen LogP contribution in [0.1, 0.15) is 65.3 Å². The van der Waals surface area contributed by atoms with Gasteiger partial charge in [-0.2, -0.15) is 9.78 Å². The highest BCUT2D eigenvalue weighted by atomic mass is 79.9. The maximum Gasteiger partial charge on any atom is 0.335 e. The second kappa shape index (κ2) is 11.5. The fourth-order valence-electron chi connectivity index (χ4n) is 4.65. The lowest BCUT2D eigenvalue weighted by Crippen LogP contribution is -2.25. The highest BCUT2D eigenvalue weighted by molar-refractivity contribution is 9.10. The summed E-state index contributed by atoms with van der Waals surface area (Å²) in [4.78, 5) is 29.4. The summed E-state index contributed by atoms with van der Waals surface area (Å²) in [6, 6.07) is 17.3. The quantitative estimate of drug-likeness (QED) is 0.232. The Balaban J connectivity index is 1.39. The zero-order chi connectivity index (χ0) is 26.6. The average Bonchev–Trinajstić information content (AvgIpc) is 2.93. The number of hydrogen-bond acceptors (Lipinski definition) is 5. The van der Waals surface area contributed by atoms with E-state index < -0.39 is 5.97 Å². The van der Waals surface area contributed by atoms with Crippen molar-refractivity contribution < 1.29 is 14.6 Å². The van der Waals surface area contributed by atoms with Crippen molar-refractivity contribution in [1.82, 2.24) is 9.66 Å². The third kappa shape index (κ3) is 5.81. The molecule has 0 radical (unpaired) electrons. The summed E-state index contributed by atoms with van der Waals surface area (Å²) in [6.45, 7) is 0.242. The molecule has 0 saturated heterocycles. The molecule has 0 atom stereocenters. The van der Waals surface area contributed by atoms with Crippen molar-refractivity contribution in [3.63, 3.8) is 0 Å². The third-order valence-electron chi connectivity index (χ3n) is 6.68. The molecular weight excluding hydrogens is 570 g/mol. The Morgan fingerprint density at radius 2 is 1.87 bits per heavy atom. The molecule has 1 heterocycles. The number of benzene rings is 3. The summed E-state index contributed by atoms with van der Waals surface area (Å²) in [5.74, 6) is 0.396. The number of halogens is 2. The van der Waals surface area contributed by atoms with Gasteiger partial charge in [0.1, 0.15) is 18.2 Å². The number of hydrogen-bond donors (Lipinski definition) is 1. The minimum Gasteiger partial charge on any atom is -0.487 e. The largest absolute Gasteiger partial charge is 0.487 e. The smallest absolute Gasteiger partial charge is 0.335 e. The fraction of sp³-hybridized carbons (Fsp3) is 0.241. The average molecular weight is 595 g/mol. The van der Waals surface area contributed by atoms with Gasteiger partial charge in [0.25, 0.3) is 5.56 Å². The normalized spacial score (nSPS) is 14.3. The first-order valence-electron chi connectivity index (χ1n) is 12.4. The number of nitrogens with zero attached hydrogens (tertiary/aromatic N) is 3. The molecule has 7 nitrogen and oxygen atoms in total. The molecule has 1 aromatic heterocycles. The van der Waals surface area contributed by atoms with Crippen molar-refractivity contribution in [3.05, 3.63) is 103 Å². The second-order valence-electron chi connectivity index (χ2n) is 9.31. The van der Waals surface area contributed by atoms with E-state index in [0.717, 1.165) is 35.7 Å². The molecule has 1 N–H and O–H groups in total. The zero-order valence-corrected chi connectivity index (χ0v) is 22.8. The van der Waals surface area contributed by atoms with Crippen molar-refractivity contribution >= 4 is 50.6 Å². The summed E-state index contributed by atoms with van der Waals surface area (Å²) in [5.41, 5.74) is 2.22. The lowest BCUT2D eigenvalue weighted by atomic mass is 9.88. The molecule has 0 unspecified atom stereocenters.